The molecule has 82 valence electrons. The van der Waals surface area contributed by atoms with Gasteiger partial charge in [-0.3, -0.25) is 0 Å². The van der Waals surface area contributed by atoms with Crippen LogP contribution in [0.4, 0.5) is 0 Å². The Morgan fingerprint density at radius 3 is 2.27 bits per heavy atom. The Labute approximate surface area is 93.8 Å². The van der Waals surface area contributed by atoms with Gasteiger partial charge in [-0.2, -0.15) is 5.26 Å². The molecule has 0 aromatic rings. The average Bonchev–Trinajstić information content (AvgIpc) is 2.21. The Balaban J connectivity index is 4.06. The molecule has 0 bridgehead atoms. The number of allylic oxidation sites excluding steroid dienone is 4. The molecule has 0 radical (unpaired) electrons. The zero-order valence-electron chi connectivity index (χ0n) is 10.1. The first kappa shape index (κ1) is 13.7. The number of hydrogen-bond donors (Lipinski definition) is 0. The van der Waals surface area contributed by atoms with E-state index >= 15 is 0 Å². The zero-order valence-corrected chi connectivity index (χ0v) is 10.1. The molecule has 0 heterocycles. The van der Waals surface area contributed by atoms with Crippen molar-refractivity contribution < 1.29 is 0 Å². The van der Waals surface area contributed by atoms with Gasteiger partial charge in [0.15, 0.2) is 0 Å². The molecule has 0 rings (SSSR count). The Morgan fingerprint density at radius 1 is 1.20 bits per heavy atom. The van der Waals surface area contributed by atoms with Crippen molar-refractivity contribution in [1.29, 1.82) is 5.26 Å². The van der Waals surface area contributed by atoms with Crippen molar-refractivity contribution in [2.45, 2.75) is 33.6 Å². The van der Waals surface area contributed by atoms with Gasteiger partial charge in [0.05, 0.1) is 6.07 Å². The first-order chi connectivity index (χ1) is 6.97. The van der Waals surface area contributed by atoms with Gasteiger partial charge < -0.3 is 0 Å². The van der Waals surface area contributed by atoms with E-state index in [0.29, 0.717) is 11.5 Å². The van der Waals surface area contributed by atoms with Gasteiger partial charge in [0, 0.05) is 5.57 Å². The summed E-state index contributed by atoms with van der Waals surface area (Å²) in [5.74, 6) is 1.22. The minimum atomic E-state index is 0.479. The summed E-state index contributed by atoms with van der Waals surface area (Å²) in [5, 5.41) is 8.53. The molecular formula is C14H21N. The van der Waals surface area contributed by atoms with E-state index in [1.54, 1.807) is 6.08 Å². The third kappa shape index (κ3) is 6.74. The lowest BCUT2D eigenvalue weighted by Crippen LogP contribution is -1.99. The summed E-state index contributed by atoms with van der Waals surface area (Å²) in [6, 6.07) is 1.99. The Bertz CT molecular complexity index is 289. The van der Waals surface area contributed by atoms with Crippen LogP contribution in [0, 0.1) is 23.2 Å². The molecule has 0 aromatic carbocycles. The maximum atomic E-state index is 8.53. The van der Waals surface area contributed by atoms with Crippen molar-refractivity contribution in [3.63, 3.8) is 0 Å². The standard InChI is InChI=1S/C14H21N/c1-11(2)6-8-13(4)14(5)9-7-12(3)10-15/h7,9,11,13H,3,5-6,8H2,1-2,4H3/b9-7-. The number of nitriles is 1. The zero-order chi connectivity index (χ0) is 11.8. The summed E-state index contributed by atoms with van der Waals surface area (Å²) in [7, 11) is 0. The van der Waals surface area contributed by atoms with Crippen LogP contribution in [0.15, 0.2) is 36.5 Å². The molecule has 0 aliphatic rings. The molecule has 0 saturated heterocycles. The highest BCUT2D eigenvalue weighted by atomic mass is 14.2. The van der Waals surface area contributed by atoms with Gasteiger partial charge in [-0.1, -0.05) is 52.0 Å². The molecule has 0 aliphatic heterocycles. The summed E-state index contributed by atoms with van der Waals surface area (Å²) in [5.41, 5.74) is 1.55. The molecule has 0 saturated carbocycles. The van der Waals surface area contributed by atoms with E-state index in [4.69, 9.17) is 5.26 Å². The highest BCUT2D eigenvalue weighted by Crippen LogP contribution is 2.19. The van der Waals surface area contributed by atoms with Gasteiger partial charge in [-0.05, 0) is 24.3 Å². The van der Waals surface area contributed by atoms with E-state index < -0.39 is 0 Å². The van der Waals surface area contributed by atoms with Gasteiger partial charge in [0.2, 0.25) is 0 Å². The monoisotopic (exact) mass is 203 g/mol. The molecule has 0 fully saturated rings. The molecule has 0 spiro atoms. The lowest BCUT2D eigenvalue weighted by atomic mass is 9.93. The van der Waals surface area contributed by atoms with E-state index in [1.807, 2.05) is 12.1 Å². The van der Waals surface area contributed by atoms with Crippen LogP contribution >= 0.6 is 0 Å². The molecular weight excluding hydrogens is 182 g/mol. The van der Waals surface area contributed by atoms with Crippen molar-refractivity contribution in [3.05, 3.63) is 36.5 Å². The first-order valence-electron chi connectivity index (χ1n) is 5.43. The summed E-state index contributed by atoms with van der Waals surface area (Å²) in [4.78, 5) is 0. The van der Waals surface area contributed by atoms with Gasteiger partial charge >= 0.3 is 0 Å². The fraction of sp³-hybridized carbons (Fsp3) is 0.500. The van der Waals surface area contributed by atoms with Crippen molar-refractivity contribution in [2.75, 3.05) is 0 Å². The Hall–Kier alpha value is -1.29. The summed E-state index contributed by atoms with van der Waals surface area (Å²) >= 11 is 0. The summed E-state index contributed by atoms with van der Waals surface area (Å²) < 4.78 is 0. The predicted octanol–water partition coefficient (Wildman–Crippen LogP) is 4.25. The van der Waals surface area contributed by atoms with Crippen molar-refractivity contribution >= 4 is 0 Å². The van der Waals surface area contributed by atoms with E-state index in [9.17, 15) is 0 Å². The lowest BCUT2D eigenvalue weighted by Gasteiger charge is -2.12. The highest BCUT2D eigenvalue weighted by molar-refractivity contribution is 5.33. The van der Waals surface area contributed by atoms with Crippen LogP contribution in [-0.2, 0) is 0 Å². The van der Waals surface area contributed by atoms with Crippen molar-refractivity contribution in [1.82, 2.24) is 0 Å². The van der Waals surface area contributed by atoms with E-state index in [-0.39, 0.29) is 0 Å². The number of nitrogens with zero attached hydrogens (tertiary/aromatic N) is 1. The second-order valence-corrected chi connectivity index (χ2v) is 4.42. The smallest absolute Gasteiger partial charge is 0.0985 e. The van der Waals surface area contributed by atoms with Gasteiger partial charge in [-0.25, -0.2) is 0 Å². The predicted molar refractivity (Wildman–Crippen MR) is 66.3 cm³/mol. The number of hydrogen-bond acceptors (Lipinski definition) is 1. The van der Waals surface area contributed by atoms with Crippen LogP contribution in [0.1, 0.15) is 33.6 Å². The molecule has 0 amide bonds. The maximum absolute atomic E-state index is 8.53. The fourth-order valence-electron chi connectivity index (χ4n) is 1.18. The molecule has 1 unspecified atom stereocenters. The molecule has 1 heteroatoms. The van der Waals surface area contributed by atoms with E-state index in [0.717, 1.165) is 17.9 Å². The lowest BCUT2D eigenvalue weighted by molar-refractivity contribution is 0.494. The minimum absolute atomic E-state index is 0.479. The van der Waals surface area contributed by atoms with Crippen molar-refractivity contribution in [3.8, 4) is 6.07 Å². The molecule has 0 N–H and O–H groups in total. The second-order valence-electron chi connectivity index (χ2n) is 4.42. The number of rotatable bonds is 6. The summed E-state index contributed by atoms with van der Waals surface area (Å²) in [6.45, 7) is 14.2. The molecule has 0 aliphatic carbocycles. The second kappa shape index (κ2) is 7.06. The van der Waals surface area contributed by atoms with Crippen LogP contribution in [0.3, 0.4) is 0 Å². The van der Waals surface area contributed by atoms with Crippen LogP contribution < -0.4 is 0 Å². The quantitative estimate of drug-likeness (QED) is 0.467. The van der Waals surface area contributed by atoms with E-state index in [2.05, 4.69) is 33.9 Å². The topological polar surface area (TPSA) is 23.8 Å². The third-order valence-corrected chi connectivity index (χ3v) is 2.45. The third-order valence-electron chi connectivity index (χ3n) is 2.45. The Kier molecular flexibility index (Phi) is 6.45. The van der Waals surface area contributed by atoms with Gasteiger partial charge in [0.25, 0.3) is 0 Å². The van der Waals surface area contributed by atoms with Crippen LogP contribution in [0.5, 0.6) is 0 Å². The molecule has 0 aromatic heterocycles. The van der Waals surface area contributed by atoms with Crippen molar-refractivity contribution in [2.24, 2.45) is 11.8 Å². The maximum Gasteiger partial charge on any atom is 0.0985 e. The minimum Gasteiger partial charge on any atom is -0.192 e. The largest absolute Gasteiger partial charge is 0.192 e. The van der Waals surface area contributed by atoms with Gasteiger partial charge in [-0.15, -0.1) is 0 Å². The highest BCUT2D eigenvalue weighted by Gasteiger charge is 2.05. The molecule has 1 atom stereocenters. The molecule has 1 nitrogen and oxygen atoms in total. The van der Waals surface area contributed by atoms with Crippen LogP contribution in [-0.4, -0.2) is 0 Å². The first-order valence-corrected chi connectivity index (χ1v) is 5.43. The van der Waals surface area contributed by atoms with Crippen LogP contribution in [0.25, 0.3) is 0 Å². The molecule has 15 heavy (non-hydrogen) atoms. The van der Waals surface area contributed by atoms with Gasteiger partial charge in [0.1, 0.15) is 0 Å². The van der Waals surface area contributed by atoms with E-state index in [1.165, 1.54) is 6.42 Å². The summed E-state index contributed by atoms with van der Waals surface area (Å²) in [6.07, 6.45) is 6.00. The average molecular weight is 203 g/mol. The van der Waals surface area contributed by atoms with Crippen LogP contribution in [0.2, 0.25) is 0 Å². The fourth-order valence-corrected chi connectivity index (χ4v) is 1.18. The SMILES string of the molecule is C=C(C#N)/C=C\C(=C)C(C)CCC(C)C. The Morgan fingerprint density at radius 2 is 1.80 bits per heavy atom. The normalized spacial score (nSPS) is 12.7.